The summed E-state index contributed by atoms with van der Waals surface area (Å²) in [5.41, 5.74) is -0.613. The molecule has 0 fully saturated rings. The molecule has 23 heavy (non-hydrogen) atoms. The molecule has 5 heteroatoms. The van der Waals surface area contributed by atoms with Gasteiger partial charge < -0.3 is 20.3 Å². The number of ketones is 1. The van der Waals surface area contributed by atoms with Crippen molar-refractivity contribution in [2.75, 3.05) is 7.05 Å². The van der Waals surface area contributed by atoms with Gasteiger partial charge in [-0.05, 0) is 51.1 Å². The van der Waals surface area contributed by atoms with Crippen molar-refractivity contribution in [1.29, 1.82) is 0 Å². The maximum atomic E-state index is 12.5. The first-order valence-electron chi connectivity index (χ1n) is 7.96. The van der Waals surface area contributed by atoms with Crippen LogP contribution in [0.4, 0.5) is 0 Å². The second kappa shape index (κ2) is 5.08. The number of ether oxygens (including phenoxy) is 1. The maximum absolute atomic E-state index is 12.5. The molecule has 3 rings (SSSR count). The number of likely N-dealkylation sites (N-methyl/N-ethyl adjacent to an activating group) is 1. The summed E-state index contributed by atoms with van der Waals surface area (Å²) in [7, 11) is 1.78. The van der Waals surface area contributed by atoms with Crippen LogP contribution in [0.5, 0.6) is 11.5 Å². The molecule has 2 aliphatic rings. The zero-order valence-corrected chi connectivity index (χ0v) is 13.9. The molecule has 0 saturated carbocycles. The lowest BCUT2D eigenvalue weighted by molar-refractivity contribution is -0.133. The van der Waals surface area contributed by atoms with Crippen LogP contribution in [0, 0.1) is 6.92 Å². The van der Waals surface area contributed by atoms with Crippen LogP contribution < -0.4 is 10.1 Å². The third kappa shape index (κ3) is 1.78. The van der Waals surface area contributed by atoms with Crippen molar-refractivity contribution < 1.29 is 19.7 Å². The highest BCUT2D eigenvalue weighted by molar-refractivity contribution is 5.98. The molecule has 5 nitrogen and oxygen atoms in total. The lowest BCUT2D eigenvalue weighted by Gasteiger charge is -2.50. The highest BCUT2D eigenvalue weighted by atomic mass is 16.5. The van der Waals surface area contributed by atoms with Crippen molar-refractivity contribution in [2.24, 2.45) is 0 Å². The molecule has 4 atom stereocenters. The Morgan fingerprint density at radius 2 is 2.13 bits per heavy atom. The van der Waals surface area contributed by atoms with Crippen LogP contribution in [0.3, 0.4) is 0 Å². The molecular formula is C18H23NO4. The number of phenols is 1. The number of phenolic OH excluding ortho intramolecular Hbond substituents is 1. The van der Waals surface area contributed by atoms with Crippen molar-refractivity contribution in [1.82, 2.24) is 5.32 Å². The van der Waals surface area contributed by atoms with Crippen LogP contribution in [0.1, 0.15) is 31.4 Å². The predicted octanol–water partition coefficient (Wildman–Crippen LogP) is 1.59. The number of rotatable bonds is 3. The third-order valence-corrected chi connectivity index (χ3v) is 5.60. The van der Waals surface area contributed by atoms with Gasteiger partial charge in [0.2, 0.25) is 0 Å². The van der Waals surface area contributed by atoms with Gasteiger partial charge in [-0.2, -0.15) is 0 Å². The van der Waals surface area contributed by atoms with Gasteiger partial charge in [-0.3, -0.25) is 4.79 Å². The Balaban J connectivity index is 2.37. The van der Waals surface area contributed by atoms with E-state index in [1.54, 1.807) is 25.3 Å². The summed E-state index contributed by atoms with van der Waals surface area (Å²) in [4.78, 5) is 12.5. The second-order valence-electron chi connectivity index (χ2n) is 6.50. The largest absolute Gasteiger partial charge is 0.504 e. The Morgan fingerprint density at radius 3 is 2.74 bits per heavy atom. The number of fused-ring (bicyclic) bond motifs is 3. The number of nitrogens with one attached hydrogen (secondary N) is 1. The van der Waals surface area contributed by atoms with Crippen LogP contribution in [0.25, 0.3) is 0 Å². The lowest BCUT2D eigenvalue weighted by Crippen LogP contribution is -2.67. The monoisotopic (exact) mass is 317 g/mol. The fraction of sp³-hybridized carbons (Fsp3) is 0.500. The number of hydrogen-bond donors (Lipinski definition) is 3. The summed E-state index contributed by atoms with van der Waals surface area (Å²) < 4.78 is 5.88. The highest BCUT2D eigenvalue weighted by Crippen LogP contribution is 2.58. The molecule has 0 spiro atoms. The van der Waals surface area contributed by atoms with Gasteiger partial charge in [-0.15, -0.1) is 0 Å². The Morgan fingerprint density at radius 1 is 1.43 bits per heavy atom. The number of hydrogen-bond acceptors (Lipinski definition) is 5. The van der Waals surface area contributed by atoms with E-state index in [2.05, 4.69) is 5.32 Å². The van der Waals surface area contributed by atoms with Gasteiger partial charge in [0, 0.05) is 11.6 Å². The lowest BCUT2D eigenvalue weighted by atomic mass is 9.57. The van der Waals surface area contributed by atoms with Crippen LogP contribution in [-0.4, -0.2) is 40.8 Å². The summed E-state index contributed by atoms with van der Waals surface area (Å²) in [6.07, 6.45) is 2.65. The number of carbonyl (C=O) groups excluding carboxylic acids is 1. The number of carbonyl (C=O) groups is 1. The standard InChI is InChI=1S/C18H23NO4/c1-5-17-14-10(2)6-7-12(20)15(14)23-16(17)13(21)8-9-18(17,22)11(3)19-4/h6-9,11,16,19-20,22H,5H2,1-4H3. The topological polar surface area (TPSA) is 78.8 Å². The number of aryl methyl sites for hydroxylation is 1. The molecule has 0 bridgehead atoms. The average molecular weight is 317 g/mol. The van der Waals surface area contributed by atoms with Crippen molar-refractivity contribution in [2.45, 2.75) is 50.4 Å². The Labute approximate surface area is 136 Å². The molecule has 1 aromatic carbocycles. The van der Waals surface area contributed by atoms with E-state index in [1.807, 2.05) is 20.8 Å². The zero-order chi connectivity index (χ0) is 17.0. The summed E-state index contributed by atoms with van der Waals surface area (Å²) in [5, 5.41) is 24.9. The first-order valence-corrected chi connectivity index (χ1v) is 7.96. The van der Waals surface area contributed by atoms with Crippen LogP contribution in [0.15, 0.2) is 24.3 Å². The van der Waals surface area contributed by atoms with Gasteiger partial charge in [0.25, 0.3) is 0 Å². The molecule has 0 saturated heterocycles. The van der Waals surface area contributed by atoms with Crippen LogP contribution in [0.2, 0.25) is 0 Å². The molecule has 0 aromatic heterocycles. The van der Waals surface area contributed by atoms with Gasteiger partial charge in [-0.1, -0.05) is 13.0 Å². The number of aromatic hydroxyl groups is 1. The Hall–Kier alpha value is -1.85. The maximum Gasteiger partial charge on any atom is 0.196 e. The second-order valence-corrected chi connectivity index (χ2v) is 6.50. The van der Waals surface area contributed by atoms with E-state index in [0.29, 0.717) is 12.2 Å². The molecule has 4 unspecified atom stereocenters. The van der Waals surface area contributed by atoms with E-state index in [1.165, 1.54) is 6.08 Å². The molecule has 3 N–H and O–H groups in total. The summed E-state index contributed by atoms with van der Waals surface area (Å²) in [5.74, 6) is 0.130. The van der Waals surface area contributed by atoms with Gasteiger partial charge in [0.15, 0.2) is 23.4 Å². The fourth-order valence-corrected chi connectivity index (χ4v) is 4.25. The van der Waals surface area contributed by atoms with E-state index in [9.17, 15) is 15.0 Å². The SMILES string of the molecule is CCC12c3c(C)ccc(O)c3OC1C(=O)C=CC2(O)C(C)NC. The van der Waals surface area contributed by atoms with Gasteiger partial charge in [0.1, 0.15) is 5.60 Å². The summed E-state index contributed by atoms with van der Waals surface area (Å²) >= 11 is 0. The van der Waals surface area contributed by atoms with Crippen molar-refractivity contribution >= 4 is 5.78 Å². The predicted molar refractivity (Wildman–Crippen MR) is 86.8 cm³/mol. The minimum atomic E-state index is -1.31. The molecule has 1 aliphatic carbocycles. The van der Waals surface area contributed by atoms with E-state index in [-0.39, 0.29) is 17.6 Å². The van der Waals surface area contributed by atoms with Gasteiger partial charge in [0.05, 0.1) is 5.41 Å². The van der Waals surface area contributed by atoms with E-state index in [4.69, 9.17) is 4.74 Å². The first-order chi connectivity index (χ1) is 10.8. The average Bonchev–Trinajstić information content (AvgIpc) is 2.93. The van der Waals surface area contributed by atoms with Gasteiger partial charge in [-0.25, -0.2) is 0 Å². The number of benzene rings is 1. The third-order valence-electron chi connectivity index (χ3n) is 5.60. The normalized spacial score (nSPS) is 33.1. The van der Waals surface area contributed by atoms with Crippen molar-refractivity contribution in [3.63, 3.8) is 0 Å². The smallest absolute Gasteiger partial charge is 0.196 e. The molecule has 0 amide bonds. The summed E-state index contributed by atoms with van der Waals surface area (Å²) in [6, 6.07) is 3.06. The van der Waals surface area contributed by atoms with E-state index in [0.717, 1.165) is 11.1 Å². The van der Waals surface area contributed by atoms with Crippen LogP contribution in [-0.2, 0) is 10.2 Å². The molecule has 1 aromatic rings. The highest BCUT2D eigenvalue weighted by Gasteiger charge is 2.65. The molecule has 0 radical (unpaired) electrons. The van der Waals surface area contributed by atoms with E-state index < -0.39 is 17.1 Å². The fourth-order valence-electron chi connectivity index (χ4n) is 4.25. The zero-order valence-electron chi connectivity index (χ0n) is 13.9. The first kappa shape index (κ1) is 16.0. The summed E-state index contributed by atoms with van der Waals surface area (Å²) in [6.45, 7) is 5.73. The van der Waals surface area contributed by atoms with Crippen molar-refractivity contribution in [3.05, 3.63) is 35.4 Å². The van der Waals surface area contributed by atoms with Crippen LogP contribution >= 0.6 is 0 Å². The minimum absolute atomic E-state index is 0.0000794. The quantitative estimate of drug-likeness (QED) is 0.789. The van der Waals surface area contributed by atoms with Gasteiger partial charge >= 0.3 is 0 Å². The Bertz CT molecular complexity index is 699. The minimum Gasteiger partial charge on any atom is -0.504 e. The molecule has 1 heterocycles. The molecule has 1 aliphatic heterocycles. The molecule has 124 valence electrons. The van der Waals surface area contributed by atoms with Crippen molar-refractivity contribution in [3.8, 4) is 11.5 Å². The van der Waals surface area contributed by atoms with E-state index >= 15 is 0 Å². The molecular weight excluding hydrogens is 294 g/mol. The Kier molecular flexibility index (Phi) is 3.54. The number of aliphatic hydroxyl groups is 1.